The van der Waals surface area contributed by atoms with E-state index in [1.54, 1.807) is 0 Å². The van der Waals surface area contributed by atoms with Crippen molar-refractivity contribution in [2.75, 3.05) is 0 Å². The molecule has 2 unspecified atom stereocenters. The third-order valence-corrected chi connectivity index (χ3v) is 4.16. The molecule has 2 atom stereocenters. The number of hydrogen-bond donors (Lipinski definition) is 1. The predicted molar refractivity (Wildman–Crippen MR) is 80.4 cm³/mol. The highest BCUT2D eigenvalue weighted by molar-refractivity contribution is 5.97. The average Bonchev–Trinajstić information content (AvgIpc) is 3.27. The second-order valence-corrected chi connectivity index (χ2v) is 6.48. The van der Waals surface area contributed by atoms with Crippen LogP contribution >= 0.6 is 0 Å². The first-order valence-corrected chi connectivity index (χ1v) is 7.75. The lowest BCUT2D eigenvalue weighted by Gasteiger charge is -2.40. The minimum absolute atomic E-state index is 0.0432. The fourth-order valence-electron chi connectivity index (χ4n) is 3.07. The molecule has 21 heavy (non-hydrogen) atoms. The Labute approximate surface area is 125 Å². The maximum Gasteiger partial charge on any atom is 0.248 e. The second-order valence-electron chi connectivity index (χ2n) is 6.48. The Kier molecular flexibility index (Phi) is 3.70. The lowest BCUT2D eigenvalue weighted by molar-refractivity contribution is -0.150. The summed E-state index contributed by atoms with van der Waals surface area (Å²) in [5, 5.41) is 2.93. The predicted octanol–water partition coefficient (Wildman–Crippen LogP) is 2.26. The van der Waals surface area contributed by atoms with Crippen molar-refractivity contribution in [1.82, 2.24) is 10.2 Å². The topological polar surface area (TPSA) is 49.4 Å². The fraction of sp³-hybridized carbons (Fsp3) is 0.529. The van der Waals surface area contributed by atoms with Crippen LogP contribution in [0.4, 0.5) is 0 Å². The number of benzene rings is 1. The van der Waals surface area contributed by atoms with Gasteiger partial charge in [-0.25, -0.2) is 0 Å². The van der Waals surface area contributed by atoms with E-state index in [1.807, 2.05) is 35.2 Å². The molecule has 0 spiro atoms. The van der Waals surface area contributed by atoms with Gasteiger partial charge in [0.1, 0.15) is 12.1 Å². The summed E-state index contributed by atoms with van der Waals surface area (Å²) in [6.07, 6.45) is 2.73. The number of rotatable bonds is 4. The van der Waals surface area contributed by atoms with Crippen LogP contribution in [0.3, 0.4) is 0 Å². The maximum absolute atomic E-state index is 12.8. The summed E-state index contributed by atoms with van der Waals surface area (Å²) >= 11 is 0. The molecule has 1 aliphatic heterocycles. The van der Waals surface area contributed by atoms with Crippen LogP contribution < -0.4 is 5.32 Å². The molecule has 1 aliphatic carbocycles. The molecule has 1 heterocycles. The molecule has 1 aromatic carbocycles. The average molecular weight is 286 g/mol. The number of piperazine rings is 1. The van der Waals surface area contributed by atoms with Crippen molar-refractivity contribution >= 4 is 11.8 Å². The molecule has 4 nitrogen and oxygen atoms in total. The van der Waals surface area contributed by atoms with E-state index in [4.69, 9.17) is 0 Å². The summed E-state index contributed by atoms with van der Waals surface area (Å²) in [5.41, 5.74) is 0.901. The molecule has 3 rings (SSSR count). The number of nitrogens with zero attached hydrogens (tertiary/aromatic N) is 1. The molecule has 0 aromatic heterocycles. The van der Waals surface area contributed by atoms with Gasteiger partial charge in [0.05, 0.1) is 0 Å². The number of hydrogen-bond acceptors (Lipinski definition) is 2. The largest absolute Gasteiger partial charge is 0.342 e. The van der Waals surface area contributed by atoms with Crippen LogP contribution in [0, 0.1) is 5.92 Å². The first-order chi connectivity index (χ1) is 10.1. The molecule has 1 aromatic rings. The van der Waals surface area contributed by atoms with Gasteiger partial charge in [0.2, 0.25) is 11.8 Å². The van der Waals surface area contributed by atoms with Gasteiger partial charge in [-0.15, -0.1) is 0 Å². The molecule has 1 saturated heterocycles. The Morgan fingerprint density at radius 2 is 1.86 bits per heavy atom. The molecule has 1 saturated carbocycles. The Hall–Kier alpha value is -1.84. The van der Waals surface area contributed by atoms with Crippen molar-refractivity contribution in [2.45, 2.75) is 51.2 Å². The summed E-state index contributed by atoms with van der Waals surface area (Å²) < 4.78 is 0. The van der Waals surface area contributed by atoms with Crippen molar-refractivity contribution in [3.63, 3.8) is 0 Å². The van der Waals surface area contributed by atoms with Gasteiger partial charge >= 0.3 is 0 Å². The molecule has 2 aliphatic rings. The van der Waals surface area contributed by atoms with Crippen LogP contribution in [0.25, 0.3) is 0 Å². The van der Waals surface area contributed by atoms with Crippen molar-refractivity contribution in [3.8, 4) is 0 Å². The smallest absolute Gasteiger partial charge is 0.248 e. The van der Waals surface area contributed by atoms with E-state index in [2.05, 4.69) is 19.2 Å². The van der Waals surface area contributed by atoms with Crippen molar-refractivity contribution in [1.29, 1.82) is 0 Å². The highest BCUT2D eigenvalue weighted by Crippen LogP contribution is 2.37. The van der Waals surface area contributed by atoms with Gasteiger partial charge in [-0.05, 0) is 30.7 Å². The van der Waals surface area contributed by atoms with Gasteiger partial charge in [-0.1, -0.05) is 44.2 Å². The van der Waals surface area contributed by atoms with Crippen LogP contribution in [-0.4, -0.2) is 28.8 Å². The van der Waals surface area contributed by atoms with Crippen LogP contribution in [0.15, 0.2) is 30.3 Å². The summed E-state index contributed by atoms with van der Waals surface area (Å²) in [4.78, 5) is 27.2. The molecular weight excluding hydrogens is 264 g/mol. The zero-order valence-corrected chi connectivity index (χ0v) is 12.6. The zero-order chi connectivity index (χ0) is 15.0. The van der Waals surface area contributed by atoms with E-state index in [-0.39, 0.29) is 23.9 Å². The van der Waals surface area contributed by atoms with E-state index >= 15 is 0 Å². The quantitative estimate of drug-likeness (QED) is 0.923. The molecule has 2 fully saturated rings. The van der Waals surface area contributed by atoms with Crippen LogP contribution in [-0.2, 0) is 9.59 Å². The van der Waals surface area contributed by atoms with Crippen LogP contribution in [0.5, 0.6) is 0 Å². The molecule has 2 amide bonds. The number of nitrogens with one attached hydrogen (secondary N) is 1. The minimum atomic E-state index is -0.463. The number of carbonyl (C=O) groups is 2. The maximum atomic E-state index is 12.8. The van der Waals surface area contributed by atoms with E-state index in [9.17, 15) is 9.59 Å². The Bertz CT molecular complexity index is 537. The van der Waals surface area contributed by atoms with E-state index in [1.165, 1.54) is 0 Å². The second kappa shape index (κ2) is 5.51. The Morgan fingerprint density at radius 1 is 1.19 bits per heavy atom. The zero-order valence-electron chi connectivity index (χ0n) is 12.6. The number of amides is 2. The lowest BCUT2D eigenvalue weighted by atomic mass is 9.95. The first kappa shape index (κ1) is 14.1. The Balaban J connectivity index is 1.90. The van der Waals surface area contributed by atoms with E-state index < -0.39 is 6.04 Å². The first-order valence-electron chi connectivity index (χ1n) is 7.75. The van der Waals surface area contributed by atoms with Gasteiger partial charge in [-0.2, -0.15) is 0 Å². The third kappa shape index (κ3) is 2.80. The molecule has 4 heteroatoms. The van der Waals surface area contributed by atoms with Gasteiger partial charge in [0.25, 0.3) is 0 Å². The van der Waals surface area contributed by atoms with Crippen molar-refractivity contribution in [3.05, 3.63) is 35.9 Å². The fourth-order valence-corrected chi connectivity index (χ4v) is 3.07. The minimum Gasteiger partial charge on any atom is -0.342 e. The summed E-state index contributed by atoms with van der Waals surface area (Å²) in [7, 11) is 0. The number of carbonyl (C=O) groups excluding carboxylic acids is 2. The third-order valence-electron chi connectivity index (χ3n) is 4.16. The van der Waals surface area contributed by atoms with Gasteiger partial charge in [0, 0.05) is 6.04 Å². The summed E-state index contributed by atoms with van der Waals surface area (Å²) in [5.74, 6) is 0.423. The van der Waals surface area contributed by atoms with E-state index in [0.29, 0.717) is 12.3 Å². The summed E-state index contributed by atoms with van der Waals surface area (Å²) in [6.45, 7) is 4.15. The Morgan fingerprint density at radius 3 is 2.43 bits per heavy atom. The SMILES string of the molecule is CC(C)CC1NC(=O)C(c2ccccc2)N(C2CC2)C1=O. The van der Waals surface area contributed by atoms with E-state index in [0.717, 1.165) is 18.4 Å². The molecular formula is C17H22N2O2. The monoisotopic (exact) mass is 286 g/mol. The highest BCUT2D eigenvalue weighted by Gasteiger charge is 2.47. The normalized spacial score (nSPS) is 26.1. The lowest BCUT2D eigenvalue weighted by Crippen LogP contribution is -2.60. The molecule has 1 N–H and O–H groups in total. The highest BCUT2D eigenvalue weighted by atomic mass is 16.2. The van der Waals surface area contributed by atoms with Crippen molar-refractivity contribution in [2.24, 2.45) is 5.92 Å². The standard InChI is InChI=1S/C17H22N2O2/c1-11(2)10-14-17(21)19(13-8-9-13)15(16(20)18-14)12-6-4-3-5-7-12/h3-7,11,13-15H,8-10H2,1-2H3,(H,18,20). The molecule has 0 radical (unpaired) electrons. The van der Waals surface area contributed by atoms with Crippen molar-refractivity contribution < 1.29 is 9.59 Å². The van der Waals surface area contributed by atoms with Gasteiger partial charge < -0.3 is 10.2 Å². The molecule has 112 valence electrons. The van der Waals surface area contributed by atoms with Crippen LogP contribution in [0.2, 0.25) is 0 Å². The van der Waals surface area contributed by atoms with Gasteiger partial charge in [0.15, 0.2) is 0 Å². The van der Waals surface area contributed by atoms with Crippen LogP contribution in [0.1, 0.15) is 44.7 Å². The van der Waals surface area contributed by atoms with Gasteiger partial charge in [-0.3, -0.25) is 9.59 Å². The summed E-state index contributed by atoms with van der Waals surface area (Å²) in [6, 6.07) is 9.02. The molecule has 0 bridgehead atoms.